The maximum Gasteiger partial charge on any atom is 0.339 e. The van der Waals surface area contributed by atoms with Crippen molar-refractivity contribution in [3.05, 3.63) is 23.3 Å². The van der Waals surface area contributed by atoms with Crippen LogP contribution in [0.1, 0.15) is 61.4 Å². The lowest BCUT2D eigenvalue weighted by Crippen LogP contribution is -2.36. The molecule has 0 aromatic carbocycles. The molecule has 2 rings (SSSR count). The van der Waals surface area contributed by atoms with Gasteiger partial charge in [-0.15, -0.1) is 0 Å². The number of carbonyl (C=O) groups is 1. The predicted octanol–water partition coefficient (Wildman–Crippen LogP) is 2.93. The molecule has 1 heterocycles. The van der Waals surface area contributed by atoms with E-state index in [4.69, 9.17) is 9.84 Å². The maximum atomic E-state index is 11.0. The van der Waals surface area contributed by atoms with E-state index in [9.17, 15) is 4.79 Å². The summed E-state index contributed by atoms with van der Waals surface area (Å²) in [7, 11) is 0. The Bertz CT molecular complexity index is 494. The van der Waals surface area contributed by atoms with Crippen molar-refractivity contribution in [2.75, 3.05) is 6.61 Å². The molecule has 0 radical (unpaired) electrons. The molecular weight excluding hydrogens is 256 g/mol. The van der Waals surface area contributed by atoms with E-state index in [-0.39, 0.29) is 5.56 Å². The molecule has 0 amide bonds. The van der Waals surface area contributed by atoms with Gasteiger partial charge in [-0.25, -0.2) is 14.8 Å². The van der Waals surface area contributed by atoms with Gasteiger partial charge in [-0.3, -0.25) is 0 Å². The van der Waals surface area contributed by atoms with Crippen LogP contribution in [-0.4, -0.2) is 27.7 Å². The smallest absolute Gasteiger partial charge is 0.339 e. The van der Waals surface area contributed by atoms with E-state index in [1.807, 2.05) is 6.92 Å². The molecule has 5 nitrogen and oxygen atoms in total. The number of hydrogen-bond acceptors (Lipinski definition) is 4. The number of aryl methyl sites for hydroxylation is 1. The quantitative estimate of drug-likeness (QED) is 0.916. The van der Waals surface area contributed by atoms with Crippen molar-refractivity contribution < 1.29 is 14.6 Å². The van der Waals surface area contributed by atoms with Crippen LogP contribution in [-0.2, 0) is 10.3 Å². The molecule has 0 unspecified atom stereocenters. The number of rotatable bonds is 4. The van der Waals surface area contributed by atoms with E-state index in [0.717, 1.165) is 25.7 Å². The van der Waals surface area contributed by atoms with Crippen molar-refractivity contribution in [3.8, 4) is 0 Å². The number of ether oxygens (including phenoxy) is 1. The predicted molar refractivity (Wildman–Crippen MR) is 74.7 cm³/mol. The summed E-state index contributed by atoms with van der Waals surface area (Å²) in [6.45, 7) is 6.53. The zero-order valence-electron chi connectivity index (χ0n) is 12.3. The Balaban J connectivity index is 2.35. The molecular formula is C15H22N2O3. The Hall–Kier alpha value is -1.49. The molecule has 0 bridgehead atoms. The van der Waals surface area contributed by atoms with Crippen LogP contribution in [0.25, 0.3) is 0 Å². The van der Waals surface area contributed by atoms with E-state index >= 15 is 0 Å². The molecule has 0 spiro atoms. The largest absolute Gasteiger partial charge is 0.478 e. The summed E-state index contributed by atoms with van der Waals surface area (Å²) in [5, 5.41) is 9.06. The van der Waals surface area contributed by atoms with E-state index in [2.05, 4.69) is 16.9 Å². The molecule has 1 N–H and O–H groups in total. The molecule has 1 fully saturated rings. The minimum Gasteiger partial charge on any atom is -0.478 e. The number of aromatic nitrogens is 2. The molecule has 0 atom stereocenters. The van der Waals surface area contributed by atoms with Gasteiger partial charge in [-0.05, 0) is 45.4 Å². The Kier molecular flexibility index (Phi) is 4.38. The Labute approximate surface area is 119 Å². The van der Waals surface area contributed by atoms with E-state index in [1.165, 1.54) is 6.20 Å². The van der Waals surface area contributed by atoms with Crippen LogP contribution in [0.2, 0.25) is 0 Å². The van der Waals surface area contributed by atoms with Gasteiger partial charge < -0.3 is 9.84 Å². The first-order valence-electron chi connectivity index (χ1n) is 7.20. The third kappa shape index (κ3) is 2.82. The van der Waals surface area contributed by atoms with E-state index in [1.54, 1.807) is 6.92 Å². The minimum atomic E-state index is -0.989. The van der Waals surface area contributed by atoms with Crippen LogP contribution in [0.15, 0.2) is 6.20 Å². The molecule has 0 saturated heterocycles. The Morgan fingerprint density at radius 2 is 2.15 bits per heavy atom. The number of aromatic carboxylic acids is 1. The lowest BCUT2D eigenvalue weighted by Gasteiger charge is -2.37. The third-order valence-corrected chi connectivity index (χ3v) is 4.12. The van der Waals surface area contributed by atoms with Crippen molar-refractivity contribution in [1.29, 1.82) is 0 Å². The summed E-state index contributed by atoms with van der Waals surface area (Å²) < 4.78 is 5.99. The molecule has 1 aromatic heterocycles. The summed E-state index contributed by atoms with van der Waals surface area (Å²) in [6, 6.07) is 0. The summed E-state index contributed by atoms with van der Waals surface area (Å²) in [6.07, 6.45) is 5.37. The van der Waals surface area contributed by atoms with Crippen molar-refractivity contribution >= 4 is 5.97 Å². The molecule has 20 heavy (non-hydrogen) atoms. The summed E-state index contributed by atoms with van der Waals surface area (Å²) in [5.74, 6) is 0.341. The summed E-state index contributed by atoms with van der Waals surface area (Å²) in [5.41, 5.74) is 0.216. The van der Waals surface area contributed by atoms with Crippen molar-refractivity contribution in [2.45, 2.75) is 52.1 Å². The zero-order chi connectivity index (χ0) is 14.8. The van der Waals surface area contributed by atoms with Gasteiger partial charge >= 0.3 is 5.97 Å². The van der Waals surface area contributed by atoms with Gasteiger partial charge in [0.2, 0.25) is 0 Å². The third-order valence-electron chi connectivity index (χ3n) is 4.12. The molecule has 1 aromatic rings. The monoisotopic (exact) mass is 278 g/mol. The van der Waals surface area contributed by atoms with Crippen LogP contribution in [0, 0.1) is 12.8 Å². The average molecular weight is 278 g/mol. The van der Waals surface area contributed by atoms with Gasteiger partial charge in [0, 0.05) is 12.8 Å². The topological polar surface area (TPSA) is 72.3 Å². The number of hydrogen-bond donors (Lipinski definition) is 1. The minimum absolute atomic E-state index is 0.157. The molecule has 1 aliphatic carbocycles. The molecule has 1 saturated carbocycles. The van der Waals surface area contributed by atoms with Gasteiger partial charge in [-0.2, -0.15) is 0 Å². The second-order valence-corrected chi connectivity index (χ2v) is 5.61. The lowest BCUT2D eigenvalue weighted by molar-refractivity contribution is -0.0838. The summed E-state index contributed by atoms with van der Waals surface area (Å²) >= 11 is 0. The molecule has 1 aliphatic rings. The fourth-order valence-electron chi connectivity index (χ4n) is 2.83. The Morgan fingerprint density at radius 1 is 1.50 bits per heavy atom. The van der Waals surface area contributed by atoms with Gasteiger partial charge in [0.1, 0.15) is 5.60 Å². The average Bonchev–Trinajstić information content (AvgIpc) is 2.41. The molecule has 5 heteroatoms. The maximum absolute atomic E-state index is 11.0. The van der Waals surface area contributed by atoms with Gasteiger partial charge in [0.15, 0.2) is 5.82 Å². The normalized spacial score (nSPS) is 26.4. The van der Waals surface area contributed by atoms with Crippen molar-refractivity contribution in [1.82, 2.24) is 9.97 Å². The highest BCUT2D eigenvalue weighted by Crippen LogP contribution is 2.41. The SMILES string of the molecule is CCOC1(c2ncc(C(=O)O)c(C)n2)CCC(C)CC1. The number of nitrogens with zero attached hydrogens (tertiary/aromatic N) is 2. The van der Waals surface area contributed by atoms with E-state index < -0.39 is 11.6 Å². The first-order chi connectivity index (χ1) is 9.48. The Morgan fingerprint density at radius 3 is 2.65 bits per heavy atom. The fraction of sp³-hybridized carbons (Fsp3) is 0.667. The first kappa shape index (κ1) is 14.9. The van der Waals surface area contributed by atoms with Crippen molar-refractivity contribution in [2.24, 2.45) is 5.92 Å². The highest BCUT2D eigenvalue weighted by Gasteiger charge is 2.39. The van der Waals surface area contributed by atoms with Crippen LogP contribution in [0.4, 0.5) is 0 Å². The number of carboxylic acid groups (broad SMARTS) is 1. The van der Waals surface area contributed by atoms with Crippen LogP contribution >= 0.6 is 0 Å². The summed E-state index contributed by atoms with van der Waals surface area (Å²) in [4.78, 5) is 19.7. The highest BCUT2D eigenvalue weighted by molar-refractivity contribution is 5.88. The van der Waals surface area contributed by atoms with Crippen LogP contribution in [0.3, 0.4) is 0 Å². The highest BCUT2D eigenvalue weighted by atomic mass is 16.5. The fourth-order valence-corrected chi connectivity index (χ4v) is 2.83. The molecule has 0 aliphatic heterocycles. The van der Waals surface area contributed by atoms with Gasteiger partial charge in [0.25, 0.3) is 0 Å². The second-order valence-electron chi connectivity index (χ2n) is 5.61. The second kappa shape index (κ2) is 5.87. The lowest BCUT2D eigenvalue weighted by atomic mass is 9.78. The van der Waals surface area contributed by atoms with Crippen LogP contribution in [0.5, 0.6) is 0 Å². The molecule has 110 valence electrons. The number of carboxylic acids is 1. The van der Waals surface area contributed by atoms with Gasteiger partial charge in [-0.1, -0.05) is 6.92 Å². The van der Waals surface area contributed by atoms with Gasteiger partial charge in [0.05, 0.1) is 11.3 Å². The standard InChI is InChI=1S/C15H22N2O3/c1-4-20-15(7-5-10(2)6-8-15)14-16-9-12(13(18)19)11(3)17-14/h9-10H,4-8H2,1-3H3,(H,18,19). The van der Waals surface area contributed by atoms with Crippen molar-refractivity contribution in [3.63, 3.8) is 0 Å². The first-order valence-corrected chi connectivity index (χ1v) is 7.20. The zero-order valence-corrected chi connectivity index (χ0v) is 12.3. The van der Waals surface area contributed by atoms with Crippen LogP contribution < -0.4 is 0 Å². The van der Waals surface area contributed by atoms with E-state index in [0.29, 0.717) is 24.0 Å².